The molecule has 1 fully saturated rings. The van der Waals surface area contributed by atoms with Gasteiger partial charge in [-0.3, -0.25) is 10.1 Å². The van der Waals surface area contributed by atoms with E-state index in [1.54, 1.807) is 64.1 Å². The number of aromatic nitrogens is 1. The summed E-state index contributed by atoms with van der Waals surface area (Å²) in [5.74, 6) is -0.132. The lowest BCUT2D eigenvalue weighted by Gasteiger charge is -2.30. The van der Waals surface area contributed by atoms with Crippen LogP contribution in [0.3, 0.4) is 0 Å². The van der Waals surface area contributed by atoms with Crippen LogP contribution >= 0.6 is 0 Å². The van der Waals surface area contributed by atoms with Crippen molar-refractivity contribution in [2.45, 2.75) is 46.1 Å². The maximum absolute atomic E-state index is 13.1. The fourth-order valence-corrected chi connectivity index (χ4v) is 3.82. The normalized spacial score (nSPS) is 13.6. The van der Waals surface area contributed by atoms with Crippen LogP contribution in [0, 0.1) is 18.3 Å². The Morgan fingerprint density at radius 1 is 1.20 bits per heavy atom. The lowest BCUT2D eigenvalue weighted by Crippen LogP contribution is -2.41. The number of benzene rings is 2. The first-order chi connectivity index (χ1) is 16.6. The molecule has 10 heteroatoms. The molecule has 2 aromatic carbocycles. The Kier molecular flexibility index (Phi) is 6.18. The third-order valence-electron chi connectivity index (χ3n) is 5.39. The SMILES string of the molecule is Cc1c(NC(=O)OC(C)(C)C)ccc2nc(N(c3ccc(C#N)cc3)N3CCCC3=O)oc(=O)c12. The van der Waals surface area contributed by atoms with Crippen LogP contribution in [0.1, 0.15) is 44.7 Å². The van der Waals surface area contributed by atoms with Crippen molar-refractivity contribution in [3.63, 3.8) is 0 Å². The van der Waals surface area contributed by atoms with Crippen molar-refractivity contribution < 1.29 is 18.7 Å². The highest BCUT2D eigenvalue weighted by atomic mass is 16.6. The minimum Gasteiger partial charge on any atom is -0.444 e. The number of nitrogens with one attached hydrogen (secondary N) is 1. The van der Waals surface area contributed by atoms with E-state index >= 15 is 0 Å². The van der Waals surface area contributed by atoms with Crippen molar-refractivity contribution in [3.8, 4) is 6.07 Å². The number of aryl methyl sites for hydroxylation is 1. The van der Waals surface area contributed by atoms with Crippen LogP contribution in [0.4, 0.5) is 22.2 Å². The molecule has 1 saturated heterocycles. The number of carbonyl (C=O) groups is 2. The van der Waals surface area contributed by atoms with Gasteiger partial charge in [0.15, 0.2) is 0 Å². The Bertz CT molecular complexity index is 1400. The van der Waals surface area contributed by atoms with Crippen LogP contribution in [0.5, 0.6) is 0 Å². The summed E-state index contributed by atoms with van der Waals surface area (Å²) in [7, 11) is 0. The van der Waals surface area contributed by atoms with Crippen molar-refractivity contribution in [2.24, 2.45) is 0 Å². The summed E-state index contributed by atoms with van der Waals surface area (Å²) in [6.45, 7) is 7.37. The summed E-state index contributed by atoms with van der Waals surface area (Å²) in [5, 5.41) is 14.9. The van der Waals surface area contributed by atoms with Crippen LogP contribution in [-0.4, -0.2) is 34.1 Å². The second kappa shape index (κ2) is 9.10. The van der Waals surface area contributed by atoms with Gasteiger partial charge < -0.3 is 9.15 Å². The van der Waals surface area contributed by atoms with Crippen LogP contribution in [0.2, 0.25) is 0 Å². The van der Waals surface area contributed by atoms with Gasteiger partial charge in [-0.1, -0.05) is 0 Å². The number of hydrogen-bond donors (Lipinski definition) is 1. The topological polar surface area (TPSA) is 129 Å². The van der Waals surface area contributed by atoms with E-state index in [0.717, 1.165) is 0 Å². The van der Waals surface area contributed by atoms with Crippen molar-refractivity contribution in [1.29, 1.82) is 5.26 Å². The van der Waals surface area contributed by atoms with E-state index in [-0.39, 0.29) is 17.3 Å². The lowest BCUT2D eigenvalue weighted by atomic mass is 10.1. The van der Waals surface area contributed by atoms with Crippen LogP contribution in [-0.2, 0) is 9.53 Å². The monoisotopic (exact) mass is 475 g/mol. The zero-order valence-electron chi connectivity index (χ0n) is 19.9. The van der Waals surface area contributed by atoms with Gasteiger partial charge >= 0.3 is 17.7 Å². The van der Waals surface area contributed by atoms with E-state index in [0.29, 0.717) is 47.4 Å². The number of anilines is 3. The first kappa shape index (κ1) is 23.8. The highest BCUT2D eigenvalue weighted by molar-refractivity contribution is 5.93. The van der Waals surface area contributed by atoms with E-state index in [1.807, 2.05) is 0 Å². The minimum atomic E-state index is -0.674. The zero-order valence-corrected chi connectivity index (χ0v) is 19.9. The average molecular weight is 476 g/mol. The van der Waals surface area contributed by atoms with Gasteiger partial charge in [0.05, 0.1) is 28.2 Å². The van der Waals surface area contributed by atoms with Crippen molar-refractivity contribution in [3.05, 3.63) is 57.9 Å². The van der Waals surface area contributed by atoms with Gasteiger partial charge in [-0.15, -0.1) is 0 Å². The van der Waals surface area contributed by atoms with Gasteiger partial charge in [-0.25, -0.2) is 19.6 Å². The summed E-state index contributed by atoms with van der Waals surface area (Å²) in [6.07, 6.45) is 0.375. The molecule has 0 unspecified atom stereocenters. The Hall–Kier alpha value is -4.39. The molecule has 0 bridgehead atoms. The molecule has 180 valence electrons. The molecule has 0 spiro atoms. The molecule has 2 amide bonds. The van der Waals surface area contributed by atoms with E-state index in [4.69, 9.17) is 14.4 Å². The smallest absolute Gasteiger partial charge is 0.412 e. The Labute approximate surface area is 201 Å². The Morgan fingerprint density at radius 3 is 2.51 bits per heavy atom. The second-order valence-corrected chi connectivity index (χ2v) is 9.13. The molecule has 2 heterocycles. The van der Waals surface area contributed by atoms with Crippen molar-refractivity contribution >= 4 is 40.3 Å². The van der Waals surface area contributed by atoms with Gasteiger partial charge in [0, 0.05) is 18.7 Å². The van der Waals surface area contributed by atoms with Crippen LogP contribution < -0.4 is 16.0 Å². The maximum Gasteiger partial charge on any atom is 0.412 e. The van der Waals surface area contributed by atoms with E-state index in [9.17, 15) is 14.4 Å². The number of nitrogens with zero attached hydrogens (tertiary/aromatic N) is 4. The predicted molar refractivity (Wildman–Crippen MR) is 129 cm³/mol. The second-order valence-electron chi connectivity index (χ2n) is 9.13. The molecule has 0 saturated carbocycles. The average Bonchev–Trinajstić information content (AvgIpc) is 3.20. The summed E-state index contributed by atoms with van der Waals surface area (Å²) < 4.78 is 10.9. The molecule has 1 aliphatic heterocycles. The fourth-order valence-electron chi connectivity index (χ4n) is 3.82. The minimum absolute atomic E-state index is 0.0743. The summed E-state index contributed by atoms with van der Waals surface area (Å²) in [4.78, 5) is 42.4. The quantitative estimate of drug-likeness (QED) is 0.588. The molecule has 3 aromatic rings. The highest BCUT2D eigenvalue weighted by Crippen LogP contribution is 2.31. The number of carbonyl (C=O) groups excluding carboxylic acids is 2. The van der Waals surface area contributed by atoms with Crippen molar-refractivity contribution in [2.75, 3.05) is 16.9 Å². The summed E-state index contributed by atoms with van der Waals surface area (Å²) >= 11 is 0. The molecule has 0 aliphatic carbocycles. The number of hydrazine groups is 1. The molecule has 10 nitrogen and oxygen atoms in total. The van der Waals surface area contributed by atoms with E-state index in [2.05, 4.69) is 16.4 Å². The lowest BCUT2D eigenvalue weighted by molar-refractivity contribution is -0.127. The first-order valence-corrected chi connectivity index (χ1v) is 11.1. The molecule has 0 atom stereocenters. The van der Waals surface area contributed by atoms with Gasteiger partial charge in [0.25, 0.3) is 0 Å². The number of amides is 2. The zero-order chi connectivity index (χ0) is 25.3. The third-order valence-corrected chi connectivity index (χ3v) is 5.39. The van der Waals surface area contributed by atoms with Gasteiger partial charge in [0.1, 0.15) is 5.60 Å². The third kappa shape index (κ3) is 4.94. The van der Waals surface area contributed by atoms with Gasteiger partial charge in [-0.05, 0) is 76.1 Å². The largest absolute Gasteiger partial charge is 0.444 e. The van der Waals surface area contributed by atoms with Gasteiger partial charge in [0.2, 0.25) is 5.91 Å². The molecular weight excluding hydrogens is 450 g/mol. The maximum atomic E-state index is 13.1. The number of ether oxygens (including phenoxy) is 1. The molecule has 4 rings (SSSR count). The number of rotatable bonds is 4. The molecule has 1 N–H and O–H groups in total. The Morgan fingerprint density at radius 2 is 1.91 bits per heavy atom. The fraction of sp³-hybridized carbons (Fsp3) is 0.320. The number of fused-ring (bicyclic) bond motifs is 1. The van der Waals surface area contributed by atoms with E-state index in [1.165, 1.54) is 10.0 Å². The summed E-state index contributed by atoms with van der Waals surface area (Å²) in [5.41, 5.74) is 0.848. The summed E-state index contributed by atoms with van der Waals surface area (Å²) in [6, 6.07) is 11.8. The Balaban J connectivity index is 1.77. The van der Waals surface area contributed by atoms with Gasteiger partial charge in [-0.2, -0.15) is 10.2 Å². The molecule has 1 aliphatic rings. The first-order valence-electron chi connectivity index (χ1n) is 11.1. The van der Waals surface area contributed by atoms with Crippen molar-refractivity contribution in [1.82, 2.24) is 9.99 Å². The predicted octanol–water partition coefficient (Wildman–Crippen LogP) is 4.39. The number of nitriles is 1. The molecule has 35 heavy (non-hydrogen) atoms. The standard InChI is InChI=1S/C25H25N5O5/c1-15-18(28-24(33)35-25(2,3)4)11-12-19-21(15)22(32)34-23(27-19)30(29-13-5-6-20(29)31)17-9-7-16(14-26)8-10-17/h7-12H,5-6,13H2,1-4H3,(H,28,33). The number of hydrogen-bond acceptors (Lipinski definition) is 8. The van der Waals surface area contributed by atoms with Crippen LogP contribution in [0.25, 0.3) is 10.9 Å². The molecule has 0 radical (unpaired) electrons. The highest BCUT2D eigenvalue weighted by Gasteiger charge is 2.31. The molecular formula is C25H25N5O5. The molecule has 1 aromatic heterocycles. The van der Waals surface area contributed by atoms with Crippen LogP contribution in [0.15, 0.2) is 45.6 Å². The van der Waals surface area contributed by atoms with E-state index < -0.39 is 17.3 Å².